The van der Waals surface area contributed by atoms with Crippen molar-refractivity contribution in [2.75, 3.05) is 18.8 Å². The highest BCUT2D eigenvalue weighted by atomic mass is 79.9. The summed E-state index contributed by atoms with van der Waals surface area (Å²) in [5.74, 6) is -1.19. The minimum Gasteiger partial charge on any atom is -0.398 e. The van der Waals surface area contributed by atoms with Crippen molar-refractivity contribution in [3.8, 4) is 0 Å². The summed E-state index contributed by atoms with van der Waals surface area (Å²) in [4.78, 5) is 11.2. The van der Waals surface area contributed by atoms with Crippen molar-refractivity contribution < 1.29 is 17.6 Å². The van der Waals surface area contributed by atoms with E-state index in [0.29, 0.717) is 6.42 Å². The lowest BCUT2D eigenvalue weighted by atomic mass is 9.89. The molecule has 1 saturated heterocycles. The van der Waals surface area contributed by atoms with E-state index in [1.807, 2.05) is 0 Å². The molecule has 6 nitrogen and oxygen atoms in total. The van der Waals surface area contributed by atoms with E-state index in [0.717, 1.165) is 16.4 Å². The standard InChI is InChI=1S/C12H15BrFN3O3S/c1-12(11(16)18)2-3-17(6-12)21(19,20)10-4-7(13)8(14)5-9(10)15/h4-5H,2-3,6,15H2,1H3,(H2,16,18). The van der Waals surface area contributed by atoms with Gasteiger partial charge < -0.3 is 11.5 Å². The molecule has 0 radical (unpaired) electrons. The Hall–Kier alpha value is -1.19. The zero-order chi connectivity index (χ0) is 16.0. The van der Waals surface area contributed by atoms with Crippen molar-refractivity contribution in [3.05, 3.63) is 22.4 Å². The van der Waals surface area contributed by atoms with Gasteiger partial charge in [0.15, 0.2) is 0 Å². The monoisotopic (exact) mass is 379 g/mol. The lowest BCUT2D eigenvalue weighted by molar-refractivity contribution is -0.126. The topological polar surface area (TPSA) is 106 Å². The van der Waals surface area contributed by atoms with Crippen LogP contribution in [0.25, 0.3) is 0 Å². The molecule has 0 aliphatic carbocycles. The van der Waals surface area contributed by atoms with Gasteiger partial charge in [0.1, 0.15) is 10.7 Å². The molecule has 1 aliphatic rings. The molecule has 0 bridgehead atoms. The van der Waals surface area contributed by atoms with Crippen molar-refractivity contribution in [2.24, 2.45) is 11.1 Å². The third-order valence-corrected chi connectivity index (χ3v) is 6.21. The maximum atomic E-state index is 13.4. The third kappa shape index (κ3) is 2.77. The molecule has 116 valence electrons. The fourth-order valence-corrected chi connectivity index (χ4v) is 4.41. The van der Waals surface area contributed by atoms with Crippen LogP contribution in [0.3, 0.4) is 0 Å². The quantitative estimate of drug-likeness (QED) is 0.765. The van der Waals surface area contributed by atoms with Crippen LogP contribution in [0.15, 0.2) is 21.5 Å². The first-order valence-electron chi connectivity index (χ1n) is 6.12. The van der Waals surface area contributed by atoms with Gasteiger partial charge >= 0.3 is 0 Å². The van der Waals surface area contributed by atoms with Gasteiger partial charge in [-0.2, -0.15) is 4.31 Å². The predicted octanol–water partition coefficient (Wildman–Crippen LogP) is 1.06. The molecule has 1 fully saturated rings. The average molecular weight is 380 g/mol. The van der Waals surface area contributed by atoms with Gasteiger partial charge in [-0.1, -0.05) is 0 Å². The number of benzene rings is 1. The van der Waals surface area contributed by atoms with E-state index in [1.165, 1.54) is 0 Å². The van der Waals surface area contributed by atoms with Crippen LogP contribution in [-0.4, -0.2) is 31.7 Å². The summed E-state index contributed by atoms with van der Waals surface area (Å²) in [7, 11) is -3.91. The number of primary amides is 1. The number of nitrogens with zero attached hydrogens (tertiary/aromatic N) is 1. The molecule has 2 rings (SSSR count). The van der Waals surface area contributed by atoms with Crippen molar-refractivity contribution in [2.45, 2.75) is 18.2 Å². The first kappa shape index (κ1) is 16.2. The van der Waals surface area contributed by atoms with E-state index in [9.17, 15) is 17.6 Å². The normalized spacial score (nSPS) is 23.4. The fraction of sp³-hybridized carbons (Fsp3) is 0.417. The van der Waals surface area contributed by atoms with Gasteiger partial charge in [-0.15, -0.1) is 0 Å². The van der Waals surface area contributed by atoms with E-state index in [4.69, 9.17) is 11.5 Å². The van der Waals surface area contributed by atoms with Crippen molar-refractivity contribution in [1.82, 2.24) is 4.31 Å². The first-order chi connectivity index (χ1) is 9.58. The second-order valence-electron chi connectivity index (χ2n) is 5.32. The summed E-state index contributed by atoms with van der Waals surface area (Å²) in [5.41, 5.74) is 9.84. The predicted molar refractivity (Wildman–Crippen MR) is 79.2 cm³/mol. The zero-order valence-corrected chi connectivity index (χ0v) is 13.7. The summed E-state index contributed by atoms with van der Waals surface area (Å²) in [5, 5.41) is 0. The van der Waals surface area contributed by atoms with Crippen molar-refractivity contribution >= 4 is 37.5 Å². The van der Waals surface area contributed by atoms with Crippen LogP contribution < -0.4 is 11.5 Å². The molecule has 1 aromatic rings. The summed E-state index contributed by atoms with van der Waals surface area (Å²) in [6.07, 6.45) is 0.337. The number of carbonyl (C=O) groups is 1. The minimum absolute atomic E-state index is 0.00661. The van der Waals surface area contributed by atoms with E-state index in [1.54, 1.807) is 6.92 Å². The Labute approximate surface area is 130 Å². The van der Waals surface area contributed by atoms with E-state index in [2.05, 4.69) is 15.9 Å². The second kappa shape index (κ2) is 5.22. The highest BCUT2D eigenvalue weighted by molar-refractivity contribution is 9.10. The van der Waals surface area contributed by atoms with Crippen LogP contribution >= 0.6 is 15.9 Å². The SMILES string of the molecule is CC1(C(N)=O)CCN(S(=O)(=O)c2cc(Br)c(F)cc2N)C1. The van der Waals surface area contributed by atoms with E-state index in [-0.39, 0.29) is 28.1 Å². The Morgan fingerprint density at radius 3 is 2.62 bits per heavy atom. The molecule has 0 saturated carbocycles. The average Bonchev–Trinajstić information content (AvgIpc) is 2.78. The van der Waals surface area contributed by atoms with Crippen molar-refractivity contribution in [3.63, 3.8) is 0 Å². The lowest BCUT2D eigenvalue weighted by Gasteiger charge is -2.21. The number of hydrogen-bond donors (Lipinski definition) is 2. The molecule has 21 heavy (non-hydrogen) atoms. The molecule has 9 heteroatoms. The van der Waals surface area contributed by atoms with Gasteiger partial charge in [0.05, 0.1) is 15.6 Å². The molecular weight excluding hydrogens is 365 g/mol. The van der Waals surface area contributed by atoms with Gasteiger partial charge in [-0.3, -0.25) is 4.79 Å². The smallest absolute Gasteiger partial charge is 0.245 e. The Kier molecular flexibility index (Phi) is 4.02. The zero-order valence-electron chi connectivity index (χ0n) is 11.3. The Bertz CT molecular complexity index is 710. The molecule has 1 atom stereocenters. The number of nitrogen functional groups attached to an aromatic ring is 1. The van der Waals surface area contributed by atoms with E-state index >= 15 is 0 Å². The maximum absolute atomic E-state index is 13.4. The van der Waals surface area contributed by atoms with Crippen LogP contribution in [0, 0.1) is 11.2 Å². The maximum Gasteiger partial charge on any atom is 0.245 e. The summed E-state index contributed by atoms with van der Waals surface area (Å²) in [6.45, 7) is 1.77. The third-order valence-electron chi connectivity index (χ3n) is 3.70. The molecule has 1 aromatic carbocycles. The molecule has 0 spiro atoms. The molecule has 4 N–H and O–H groups in total. The number of rotatable bonds is 3. The first-order valence-corrected chi connectivity index (χ1v) is 8.36. The van der Waals surface area contributed by atoms with Crippen LogP contribution in [0.1, 0.15) is 13.3 Å². The number of anilines is 1. The highest BCUT2D eigenvalue weighted by Gasteiger charge is 2.44. The molecular formula is C12H15BrFN3O3S. The largest absolute Gasteiger partial charge is 0.398 e. The number of amides is 1. The minimum atomic E-state index is -3.91. The second-order valence-corrected chi connectivity index (χ2v) is 8.08. The molecule has 1 aliphatic heterocycles. The van der Waals surface area contributed by atoms with Crippen LogP contribution in [0.4, 0.5) is 10.1 Å². The van der Waals surface area contributed by atoms with E-state index < -0.39 is 27.2 Å². The fourth-order valence-electron chi connectivity index (χ4n) is 2.23. The molecule has 1 heterocycles. The highest BCUT2D eigenvalue weighted by Crippen LogP contribution is 2.35. The number of nitrogens with two attached hydrogens (primary N) is 2. The van der Waals surface area contributed by atoms with Gasteiger partial charge in [0.2, 0.25) is 15.9 Å². The summed E-state index contributed by atoms with van der Waals surface area (Å²) >= 11 is 2.94. The van der Waals surface area contributed by atoms with Crippen LogP contribution in [-0.2, 0) is 14.8 Å². The number of halogens is 2. The molecule has 1 unspecified atom stereocenters. The Morgan fingerprint density at radius 2 is 2.10 bits per heavy atom. The Morgan fingerprint density at radius 1 is 1.48 bits per heavy atom. The van der Waals surface area contributed by atoms with Gasteiger partial charge in [-0.25, -0.2) is 12.8 Å². The number of hydrogen-bond acceptors (Lipinski definition) is 4. The van der Waals surface area contributed by atoms with Gasteiger partial charge in [0.25, 0.3) is 0 Å². The van der Waals surface area contributed by atoms with Crippen LogP contribution in [0.2, 0.25) is 0 Å². The van der Waals surface area contributed by atoms with Gasteiger partial charge in [-0.05, 0) is 41.4 Å². The molecule has 1 amide bonds. The summed E-state index contributed by atoms with van der Waals surface area (Å²) < 4.78 is 39.7. The lowest BCUT2D eigenvalue weighted by Crippen LogP contribution is -2.38. The number of carbonyl (C=O) groups excluding carboxylic acids is 1. The van der Waals surface area contributed by atoms with Crippen LogP contribution in [0.5, 0.6) is 0 Å². The number of sulfonamides is 1. The Balaban J connectivity index is 2.41. The van der Waals surface area contributed by atoms with Gasteiger partial charge in [0, 0.05) is 13.1 Å². The molecule has 0 aromatic heterocycles. The van der Waals surface area contributed by atoms with Crippen molar-refractivity contribution in [1.29, 1.82) is 0 Å². The summed E-state index contributed by atoms with van der Waals surface area (Å²) in [6, 6.07) is 2.07.